The Bertz CT molecular complexity index is 391. The number of benzene rings is 1. The number of hydrogen-bond acceptors (Lipinski definition) is 3. The van der Waals surface area contributed by atoms with Gasteiger partial charge < -0.3 is 21.1 Å². The number of aliphatic hydroxyl groups excluding tert-OH is 1. The van der Waals surface area contributed by atoms with E-state index in [0.29, 0.717) is 18.8 Å². The van der Waals surface area contributed by atoms with Crippen molar-refractivity contribution in [2.24, 2.45) is 5.92 Å². The zero-order valence-corrected chi connectivity index (χ0v) is 9.60. The summed E-state index contributed by atoms with van der Waals surface area (Å²) in [6.07, 6.45) is 0.867. The van der Waals surface area contributed by atoms with E-state index in [1.165, 1.54) is 0 Å². The van der Waals surface area contributed by atoms with Gasteiger partial charge in [-0.15, -0.1) is 0 Å². The molecule has 1 heterocycles. The van der Waals surface area contributed by atoms with Gasteiger partial charge in [0.2, 0.25) is 0 Å². The van der Waals surface area contributed by atoms with Crippen LogP contribution in [0.4, 0.5) is 16.2 Å². The Morgan fingerprint density at radius 3 is 2.76 bits per heavy atom. The van der Waals surface area contributed by atoms with Crippen molar-refractivity contribution >= 4 is 17.4 Å². The Hall–Kier alpha value is -1.75. The molecule has 1 aliphatic rings. The highest BCUT2D eigenvalue weighted by atomic mass is 16.3. The summed E-state index contributed by atoms with van der Waals surface area (Å²) in [4.78, 5) is 13.6. The van der Waals surface area contributed by atoms with Gasteiger partial charge >= 0.3 is 6.03 Å². The average molecular weight is 235 g/mol. The molecule has 0 radical (unpaired) electrons. The Kier molecular flexibility index (Phi) is 3.49. The van der Waals surface area contributed by atoms with Gasteiger partial charge in [-0.25, -0.2) is 4.79 Å². The lowest BCUT2D eigenvalue weighted by Crippen LogP contribution is -2.33. The molecule has 1 saturated heterocycles. The van der Waals surface area contributed by atoms with E-state index in [1.807, 2.05) is 0 Å². The molecule has 0 aliphatic carbocycles. The molecule has 1 aliphatic heterocycles. The number of nitrogens with two attached hydrogens (primary N) is 1. The Morgan fingerprint density at radius 1 is 1.47 bits per heavy atom. The highest BCUT2D eigenvalue weighted by Gasteiger charge is 2.25. The first-order valence-corrected chi connectivity index (χ1v) is 5.71. The van der Waals surface area contributed by atoms with Crippen LogP contribution < -0.4 is 11.1 Å². The van der Waals surface area contributed by atoms with Gasteiger partial charge in [0.05, 0.1) is 0 Å². The third kappa shape index (κ3) is 2.88. The highest BCUT2D eigenvalue weighted by Crippen LogP contribution is 2.17. The van der Waals surface area contributed by atoms with E-state index >= 15 is 0 Å². The van der Waals surface area contributed by atoms with Crippen molar-refractivity contribution in [1.82, 2.24) is 4.90 Å². The largest absolute Gasteiger partial charge is 0.399 e. The first-order chi connectivity index (χ1) is 8.19. The van der Waals surface area contributed by atoms with Crippen LogP contribution in [0.15, 0.2) is 24.3 Å². The lowest BCUT2D eigenvalue weighted by atomic mass is 10.1. The number of carbonyl (C=O) groups excluding carboxylic acids is 1. The van der Waals surface area contributed by atoms with Crippen molar-refractivity contribution in [2.75, 3.05) is 30.7 Å². The SMILES string of the molecule is Nc1ccc(NC(=O)N2CCC(CO)C2)cc1. The number of anilines is 2. The summed E-state index contributed by atoms with van der Waals surface area (Å²) < 4.78 is 0. The lowest BCUT2D eigenvalue weighted by Gasteiger charge is -2.17. The standard InChI is InChI=1S/C12H17N3O2/c13-10-1-3-11(4-2-10)14-12(17)15-6-5-9(7-15)8-16/h1-4,9,16H,5-8,13H2,(H,14,17). The van der Waals surface area contributed by atoms with E-state index in [4.69, 9.17) is 10.8 Å². The molecule has 5 heteroatoms. The molecule has 2 amide bonds. The van der Waals surface area contributed by atoms with E-state index in [9.17, 15) is 4.79 Å². The predicted molar refractivity (Wildman–Crippen MR) is 66.6 cm³/mol. The van der Waals surface area contributed by atoms with Crippen LogP contribution in [-0.2, 0) is 0 Å². The summed E-state index contributed by atoms with van der Waals surface area (Å²) in [5.41, 5.74) is 6.97. The number of nitrogens with zero attached hydrogens (tertiary/aromatic N) is 1. The number of nitrogens with one attached hydrogen (secondary N) is 1. The normalized spacial score (nSPS) is 19.4. The van der Waals surface area contributed by atoms with Gasteiger partial charge in [0.25, 0.3) is 0 Å². The van der Waals surface area contributed by atoms with Crippen LogP contribution in [0.3, 0.4) is 0 Å². The molecule has 1 aromatic rings. The predicted octanol–water partition coefficient (Wildman–Crippen LogP) is 1.11. The molecule has 2 rings (SSSR count). The first kappa shape index (κ1) is 11.7. The number of nitrogen functional groups attached to an aromatic ring is 1. The summed E-state index contributed by atoms with van der Waals surface area (Å²) >= 11 is 0. The van der Waals surface area contributed by atoms with Crippen LogP contribution in [0.5, 0.6) is 0 Å². The molecule has 4 N–H and O–H groups in total. The Morgan fingerprint density at radius 2 is 2.18 bits per heavy atom. The molecule has 92 valence electrons. The van der Waals surface area contributed by atoms with Gasteiger partial charge in [0, 0.05) is 37.0 Å². The van der Waals surface area contributed by atoms with Crippen molar-refractivity contribution < 1.29 is 9.90 Å². The molecule has 0 spiro atoms. The molecule has 5 nitrogen and oxygen atoms in total. The fourth-order valence-corrected chi connectivity index (χ4v) is 1.94. The quantitative estimate of drug-likeness (QED) is 0.672. The maximum atomic E-state index is 11.9. The number of carbonyl (C=O) groups is 1. The molecule has 0 saturated carbocycles. The number of hydrogen-bond donors (Lipinski definition) is 3. The Labute approximate surface area is 100 Å². The van der Waals surface area contributed by atoms with E-state index in [0.717, 1.165) is 12.1 Å². The van der Waals surface area contributed by atoms with Crippen molar-refractivity contribution in [3.8, 4) is 0 Å². The number of urea groups is 1. The summed E-state index contributed by atoms with van der Waals surface area (Å²) in [6.45, 7) is 1.47. The van der Waals surface area contributed by atoms with Crippen molar-refractivity contribution in [3.63, 3.8) is 0 Å². The second-order valence-corrected chi connectivity index (χ2v) is 4.34. The number of likely N-dealkylation sites (tertiary alicyclic amines) is 1. The molecular weight excluding hydrogens is 218 g/mol. The molecule has 0 aromatic heterocycles. The minimum absolute atomic E-state index is 0.120. The van der Waals surface area contributed by atoms with Crippen LogP contribution in [0.1, 0.15) is 6.42 Å². The maximum Gasteiger partial charge on any atom is 0.321 e. The minimum Gasteiger partial charge on any atom is -0.399 e. The van der Waals surface area contributed by atoms with E-state index in [1.54, 1.807) is 29.2 Å². The second-order valence-electron chi connectivity index (χ2n) is 4.34. The van der Waals surface area contributed by atoms with Crippen LogP contribution in [0.2, 0.25) is 0 Å². The van der Waals surface area contributed by atoms with Crippen LogP contribution in [-0.4, -0.2) is 35.7 Å². The molecule has 0 bridgehead atoms. The Balaban J connectivity index is 1.91. The fourth-order valence-electron chi connectivity index (χ4n) is 1.94. The topological polar surface area (TPSA) is 78.6 Å². The molecule has 17 heavy (non-hydrogen) atoms. The van der Waals surface area contributed by atoms with Gasteiger partial charge in [-0.1, -0.05) is 0 Å². The molecule has 1 atom stereocenters. The smallest absolute Gasteiger partial charge is 0.321 e. The lowest BCUT2D eigenvalue weighted by molar-refractivity contribution is 0.209. The molecule has 1 unspecified atom stereocenters. The maximum absolute atomic E-state index is 11.9. The zero-order valence-electron chi connectivity index (χ0n) is 9.60. The van der Waals surface area contributed by atoms with E-state index in [2.05, 4.69) is 5.32 Å². The van der Waals surface area contributed by atoms with Crippen LogP contribution in [0, 0.1) is 5.92 Å². The number of rotatable bonds is 2. The summed E-state index contributed by atoms with van der Waals surface area (Å²) in [6, 6.07) is 6.91. The molecular formula is C12H17N3O2. The van der Waals surface area contributed by atoms with Gasteiger partial charge in [-0.05, 0) is 30.7 Å². The van der Waals surface area contributed by atoms with E-state index in [-0.39, 0.29) is 18.6 Å². The van der Waals surface area contributed by atoms with Crippen LogP contribution in [0.25, 0.3) is 0 Å². The molecule has 1 fully saturated rings. The second kappa shape index (κ2) is 5.05. The van der Waals surface area contributed by atoms with Gasteiger partial charge in [0.15, 0.2) is 0 Å². The number of aliphatic hydroxyl groups is 1. The zero-order chi connectivity index (χ0) is 12.3. The molecule has 1 aromatic carbocycles. The highest BCUT2D eigenvalue weighted by molar-refractivity contribution is 5.89. The van der Waals surface area contributed by atoms with Crippen molar-refractivity contribution in [2.45, 2.75) is 6.42 Å². The first-order valence-electron chi connectivity index (χ1n) is 5.71. The van der Waals surface area contributed by atoms with Gasteiger partial charge in [-0.2, -0.15) is 0 Å². The fraction of sp³-hybridized carbons (Fsp3) is 0.417. The monoisotopic (exact) mass is 235 g/mol. The van der Waals surface area contributed by atoms with Crippen molar-refractivity contribution in [3.05, 3.63) is 24.3 Å². The number of amides is 2. The summed E-state index contributed by atoms with van der Waals surface area (Å²) in [5, 5.41) is 11.8. The third-order valence-corrected chi connectivity index (χ3v) is 2.99. The van der Waals surface area contributed by atoms with E-state index < -0.39 is 0 Å². The summed E-state index contributed by atoms with van der Waals surface area (Å²) in [7, 11) is 0. The third-order valence-electron chi connectivity index (χ3n) is 2.99. The summed E-state index contributed by atoms with van der Waals surface area (Å²) in [5.74, 6) is 0.215. The van der Waals surface area contributed by atoms with Crippen LogP contribution >= 0.6 is 0 Å². The average Bonchev–Trinajstić information content (AvgIpc) is 2.81. The van der Waals surface area contributed by atoms with Crippen molar-refractivity contribution in [1.29, 1.82) is 0 Å². The van der Waals surface area contributed by atoms with Gasteiger partial charge in [0.1, 0.15) is 0 Å². The minimum atomic E-state index is -0.120. The van der Waals surface area contributed by atoms with Gasteiger partial charge in [-0.3, -0.25) is 0 Å².